The van der Waals surface area contributed by atoms with Gasteiger partial charge in [-0.05, 0) is 29.8 Å². The van der Waals surface area contributed by atoms with Gasteiger partial charge in [0.25, 0.3) is 0 Å². The number of benzene rings is 2. The lowest BCUT2D eigenvalue weighted by atomic mass is 9.99. The largest absolute Gasteiger partial charge is 0.481 e. The smallest absolute Gasteiger partial charge is 0.312 e. The van der Waals surface area contributed by atoms with Gasteiger partial charge in [0.1, 0.15) is 5.41 Å². The Morgan fingerprint density at radius 1 is 1.17 bits per heavy atom. The quantitative estimate of drug-likeness (QED) is 0.847. The van der Waals surface area contributed by atoms with Crippen LogP contribution in [0, 0.1) is 5.41 Å². The Morgan fingerprint density at radius 2 is 1.83 bits per heavy atom. The third-order valence-electron chi connectivity index (χ3n) is 4.61. The lowest BCUT2D eigenvalue weighted by Gasteiger charge is -2.10. The van der Waals surface area contributed by atoms with Gasteiger partial charge in [-0.3, -0.25) is 4.79 Å². The van der Waals surface area contributed by atoms with E-state index in [1.54, 1.807) is 42.5 Å². The second-order valence-electron chi connectivity index (χ2n) is 5.86. The Hall–Kier alpha value is -1.89. The van der Waals surface area contributed by atoms with E-state index in [9.17, 15) is 18.3 Å². The summed E-state index contributed by atoms with van der Waals surface area (Å²) in [5.41, 5.74) is 4.75. The number of sulfone groups is 1. The molecule has 0 unspecified atom stereocenters. The van der Waals surface area contributed by atoms with E-state index in [-0.39, 0.29) is 11.4 Å². The van der Waals surface area contributed by atoms with Crippen molar-refractivity contribution >= 4 is 27.4 Å². The molecule has 0 aliphatic heterocycles. The van der Waals surface area contributed by atoms with Crippen molar-refractivity contribution in [3.05, 3.63) is 65.2 Å². The maximum Gasteiger partial charge on any atom is 0.312 e. The monoisotopic (exact) mass is 365 g/mol. The van der Waals surface area contributed by atoms with Gasteiger partial charge in [-0.15, -0.1) is 0 Å². The van der Waals surface area contributed by atoms with E-state index in [0.717, 1.165) is 0 Å². The Balaban J connectivity index is 2.13. The summed E-state index contributed by atoms with van der Waals surface area (Å²) >= 11 is 5.98. The number of carboxylic acids is 1. The predicted octanol–water partition coefficient (Wildman–Crippen LogP) is 2.31. The number of hydrogen-bond donors (Lipinski definition) is 2. The van der Waals surface area contributed by atoms with Crippen LogP contribution in [-0.4, -0.2) is 31.3 Å². The van der Waals surface area contributed by atoms with Crippen molar-refractivity contribution < 1.29 is 18.3 Å². The van der Waals surface area contributed by atoms with Gasteiger partial charge >= 0.3 is 5.97 Å². The predicted molar refractivity (Wildman–Crippen MR) is 90.7 cm³/mol. The van der Waals surface area contributed by atoms with Crippen LogP contribution in [0.15, 0.2) is 59.5 Å². The summed E-state index contributed by atoms with van der Waals surface area (Å²) in [6.07, 6.45) is 0. The Bertz CT molecular complexity index is 884. The molecule has 0 radical (unpaired) electrons. The van der Waals surface area contributed by atoms with Gasteiger partial charge in [-0.1, -0.05) is 41.9 Å². The number of carboxylic acid groups (broad SMARTS) is 1. The number of aliphatic carboxylic acids is 1. The summed E-state index contributed by atoms with van der Waals surface area (Å²) in [6, 6.07) is 14.4. The zero-order chi connectivity index (χ0) is 17.5. The zero-order valence-electron chi connectivity index (χ0n) is 12.6. The molecule has 1 fully saturated rings. The minimum absolute atomic E-state index is 0.0959. The first-order chi connectivity index (χ1) is 11.4. The van der Waals surface area contributed by atoms with Crippen LogP contribution >= 0.6 is 11.6 Å². The first-order valence-electron chi connectivity index (χ1n) is 7.33. The number of nitrogens with two attached hydrogens (primary N) is 1. The number of hydrogen-bond acceptors (Lipinski definition) is 4. The minimum Gasteiger partial charge on any atom is -0.481 e. The van der Waals surface area contributed by atoms with Crippen molar-refractivity contribution in [2.24, 2.45) is 11.1 Å². The van der Waals surface area contributed by atoms with Gasteiger partial charge in [0.15, 0.2) is 9.84 Å². The average molecular weight is 366 g/mol. The molecule has 126 valence electrons. The molecule has 3 rings (SSSR count). The topological polar surface area (TPSA) is 97.5 Å². The number of halogens is 1. The molecular weight excluding hydrogens is 350 g/mol. The highest BCUT2D eigenvalue weighted by atomic mass is 35.5. The van der Waals surface area contributed by atoms with Crippen molar-refractivity contribution in [2.75, 3.05) is 6.54 Å². The van der Waals surface area contributed by atoms with Crippen LogP contribution in [0.5, 0.6) is 0 Å². The molecular formula is C17H16ClNO4S. The zero-order valence-corrected chi connectivity index (χ0v) is 14.2. The fourth-order valence-electron chi connectivity index (χ4n) is 3.37. The summed E-state index contributed by atoms with van der Waals surface area (Å²) < 4.78 is 26.0. The third-order valence-corrected chi connectivity index (χ3v) is 7.13. The molecule has 0 aromatic heterocycles. The second-order valence-corrected chi connectivity index (χ2v) is 8.37. The van der Waals surface area contributed by atoms with Crippen LogP contribution in [0.2, 0.25) is 5.02 Å². The van der Waals surface area contributed by atoms with E-state index in [4.69, 9.17) is 17.3 Å². The van der Waals surface area contributed by atoms with Crippen LogP contribution in [-0.2, 0) is 14.6 Å². The molecule has 1 aliphatic rings. The third kappa shape index (κ3) is 2.42. The molecule has 2 aromatic carbocycles. The fourth-order valence-corrected chi connectivity index (χ4v) is 5.98. The SMILES string of the molecule is NC[C@]1(C(=O)O)[C@H](c2cccc(Cl)c2)[C@@H]1S(=O)(=O)c1ccccc1. The van der Waals surface area contributed by atoms with Crippen molar-refractivity contribution in [3.63, 3.8) is 0 Å². The highest BCUT2D eigenvalue weighted by Crippen LogP contribution is 2.63. The Kier molecular flexibility index (Phi) is 4.15. The number of carbonyl (C=O) groups is 1. The summed E-state index contributed by atoms with van der Waals surface area (Å²) in [4.78, 5) is 12.0. The summed E-state index contributed by atoms with van der Waals surface area (Å²) in [5.74, 6) is -1.94. The minimum atomic E-state index is -3.84. The van der Waals surface area contributed by atoms with Crippen LogP contribution in [0.1, 0.15) is 11.5 Å². The maximum atomic E-state index is 13.0. The normalized spacial score (nSPS) is 26.1. The molecule has 24 heavy (non-hydrogen) atoms. The van der Waals surface area contributed by atoms with Gasteiger partial charge in [0.2, 0.25) is 0 Å². The van der Waals surface area contributed by atoms with E-state index >= 15 is 0 Å². The van der Waals surface area contributed by atoms with Crippen LogP contribution in [0.3, 0.4) is 0 Å². The second kappa shape index (κ2) is 5.88. The molecule has 3 atom stereocenters. The highest BCUT2D eigenvalue weighted by molar-refractivity contribution is 7.92. The molecule has 2 aromatic rings. The van der Waals surface area contributed by atoms with Gasteiger partial charge in [-0.25, -0.2) is 8.42 Å². The lowest BCUT2D eigenvalue weighted by molar-refractivity contribution is -0.143. The Labute approximate surface area is 145 Å². The van der Waals surface area contributed by atoms with Gasteiger partial charge < -0.3 is 10.8 Å². The molecule has 0 saturated heterocycles. The molecule has 0 bridgehead atoms. The first-order valence-corrected chi connectivity index (χ1v) is 9.26. The molecule has 5 nitrogen and oxygen atoms in total. The van der Waals surface area contributed by atoms with Crippen molar-refractivity contribution in [1.82, 2.24) is 0 Å². The van der Waals surface area contributed by atoms with E-state index in [1.807, 2.05) is 0 Å². The fraction of sp³-hybridized carbons (Fsp3) is 0.235. The highest BCUT2D eigenvalue weighted by Gasteiger charge is 2.75. The van der Waals surface area contributed by atoms with Crippen molar-refractivity contribution in [3.8, 4) is 0 Å². The number of rotatable bonds is 5. The molecule has 0 spiro atoms. The van der Waals surface area contributed by atoms with Gasteiger partial charge in [-0.2, -0.15) is 0 Å². The standard InChI is InChI=1S/C17H16ClNO4S/c18-12-6-4-5-11(9-12)14-15(17(14,10-19)16(20)21)24(22,23)13-7-2-1-3-8-13/h1-9,14-15H,10,19H2,(H,20,21)/t14-,15+,17+/m1/s1. The van der Waals surface area contributed by atoms with Crippen molar-refractivity contribution in [2.45, 2.75) is 16.1 Å². The maximum absolute atomic E-state index is 13.0. The molecule has 1 saturated carbocycles. The van der Waals surface area contributed by atoms with Crippen LogP contribution < -0.4 is 5.73 Å². The van der Waals surface area contributed by atoms with Gasteiger partial charge in [0.05, 0.1) is 10.1 Å². The summed E-state index contributed by atoms with van der Waals surface area (Å²) in [7, 11) is -3.84. The molecule has 3 N–H and O–H groups in total. The van der Waals surface area contributed by atoms with Crippen LogP contribution in [0.25, 0.3) is 0 Å². The average Bonchev–Trinajstić information content (AvgIpc) is 3.27. The van der Waals surface area contributed by atoms with E-state index in [2.05, 4.69) is 0 Å². The first kappa shape index (κ1) is 17.0. The molecule has 7 heteroatoms. The summed E-state index contributed by atoms with van der Waals surface area (Å²) in [6.45, 7) is -0.268. The van der Waals surface area contributed by atoms with Crippen molar-refractivity contribution in [1.29, 1.82) is 0 Å². The van der Waals surface area contributed by atoms with Gasteiger partial charge in [0, 0.05) is 17.5 Å². The summed E-state index contributed by atoms with van der Waals surface area (Å²) in [5, 5.41) is 9.01. The molecule has 0 heterocycles. The van der Waals surface area contributed by atoms with Crippen LogP contribution in [0.4, 0.5) is 0 Å². The Morgan fingerprint density at radius 3 is 2.38 bits per heavy atom. The lowest BCUT2D eigenvalue weighted by Crippen LogP contribution is -2.31. The molecule has 1 aliphatic carbocycles. The van der Waals surface area contributed by atoms with E-state index in [1.165, 1.54) is 12.1 Å². The van der Waals surface area contributed by atoms with E-state index in [0.29, 0.717) is 10.6 Å². The van der Waals surface area contributed by atoms with E-state index < -0.39 is 32.4 Å². The molecule has 0 amide bonds.